The highest BCUT2D eigenvalue weighted by Gasteiger charge is 2.20. The average Bonchev–Trinajstić information content (AvgIpc) is 2.43. The summed E-state index contributed by atoms with van der Waals surface area (Å²) in [6.45, 7) is 1.85. The summed E-state index contributed by atoms with van der Waals surface area (Å²) in [5, 5.41) is 2.73. The predicted molar refractivity (Wildman–Crippen MR) is 79.4 cm³/mol. The Bertz CT molecular complexity index is 639. The highest BCUT2D eigenvalue weighted by atomic mass is 16.5. The van der Waals surface area contributed by atoms with Crippen LogP contribution in [0.5, 0.6) is 5.75 Å². The Morgan fingerprint density at radius 3 is 2.86 bits per heavy atom. The fraction of sp³-hybridized carbons (Fsp3) is 0.312. The summed E-state index contributed by atoms with van der Waals surface area (Å²) in [6, 6.07) is 8.89. The minimum absolute atomic E-state index is 0.276. The first-order valence-electron chi connectivity index (χ1n) is 7.08. The van der Waals surface area contributed by atoms with E-state index in [1.54, 1.807) is 24.4 Å². The Kier molecular flexibility index (Phi) is 3.81. The molecule has 2 aromatic heterocycles. The number of aromatic nitrogens is 2. The number of anilines is 1. The maximum absolute atomic E-state index is 12.2. The van der Waals surface area contributed by atoms with Crippen molar-refractivity contribution in [3.05, 3.63) is 47.9 Å². The molecular formula is C16H17N3O2. The lowest BCUT2D eigenvalue weighted by atomic mass is 9.96. The van der Waals surface area contributed by atoms with Crippen molar-refractivity contribution in [2.75, 3.05) is 5.32 Å². The summed E-state index contributed by atoms with van der Waals surface area (Å²) in [5.74, 6) is 0.932. The van der Waals surface area contributed by atoms with Crippen LogP contribution in [-0.2, 0) is 0 Å². The van der Waals surface area contributed by atoms with E-state index in [-0.39, 0.29) is 12.0 Å². The molecular weight excluding hydrogens is 266 g/mol. The molecule has 1 aliphatic rings. The minimum atomic E-state index is -0.282. The van der Waals surface area contributed by atoms with Gasteiger partial charge < -0.3 is 10.1 Å². The third kappa shape index (κ3) is 3.37. The zero-order chi connectivity index (χ0) is 14.7. The third-order valence-electron chi connectivity index (χ3n) is 3.42. The van der Waals surface area contributed by atoms with Crippen LogP contribution < -0.4 is 10.1 Å². The Morgan fingerprint density at radius 1 is 1.33 bits per heavy atom. The summed E-state index contributed by atoms with van der Waals surface area (Å²) in [5.41, 5.74) is 1.10. The van der Waals surface area contributed by atoms with E-state index >= 15 is 0 Å². The van der Waals surface area contributed by atoms with Gasteiger partial charge in [-0.1, -0.05) is 6.07 Å². The summed E-state index contributed by atoms with van der Waals surface area (Å²) < 4.78 is 5.84. The van der Waals surface area contributed by atoms with E-state index in [0.29, 0.717) is 17.3 Å². The summed E-state index contributed by atoms with van der Waals surface area (Å²) >= 11 is 0. The maximum Gasteiger partial charge on any atom is 0.275 e. The molecule has 0 aromatic carbocycles. The van der Waals surface area contributed by atoms with Gasteiger partial charge in [0.1, 0.15) is 17.3 Å². The largest absolute Gasteiger partial charge is 0.490 e. The van der Waals surface area contributed by atoms with Crippen molar-refractivity contribution >= 4 is 11.7 Å². The van der Waals surface area contributed by atoms with E-state index < -0.39 is 0 Å². The molecule has 2 aromatic rings. The number of hydrogen-bond donors (Lipinski definition) is 1. The quantitative estimate of drug-likeness (QED) is 0.937. The second-order valence-electron chi connectivity index (χ2n) is 5.17. The van der Waals surface area contributed by atoms with Crippen LogP contribution in [0.15, 0.2) is 36.5 Å². The number of aryl methyl sites for hydroxylation is 1. The summed E-state index contributed by atoms with van der Waals surface area (Å²) in [6.07, 6.45) is 5.28. The van der Waals surface area contributed by atoms with Crippen molar-refractivity contribution in [1.29, 1.82) is 0 Å². The van der Waals surface area contributed by atoms with Gasteiger partial charge in [0, 0.05) is 24.0 Å². The van der Waals surface area contributed by atoms with Crippen LogP contribution in [0.25, 0.3) is 0 Å². The molecule has 1 aliphatic carbocycles. The normalized spacial score (nSPS) is 14.3. The fourth-order valence-electron chi connectivity index (χ4n) is 2.12. The van der Waals surface area contributed by atoms with Crippen LogP contribution in [-0.4, -0.2) is 22.0 Å². The van der Waals surface area contributed by atoms with Crippen LogP contribution >= 0.6 is 0 Å². The standard InChI is InChI=1S/C16H17N3O2/c1-11-9-13(21-12-5-4-6-12)10-14(18-11)16(20)19-15-7-2-3-8-17-15/h2-3,7-10,12H,4-6H2,1H3,(H,17,19,20). The average molecular weight is 283 g/mol. The highest BCUT2D eigenvalue weighted by molar-refractivity contribution is 6.02. The van der Waals surface area contributed by atoms with Crippen molar-refractivity contribution < 1.29 is 9.53 Å². The molecule has 0 spiro atoms. The van der Waals surface area contributed by atoms with Crippen LogP contribution in [0, 0.1) is 6.92 Å². The zero-order valence-corrected chi connectivity index (χ0v) is 11.9. The monoisotopic (exact) mass is 283 g/mol. The molecule has 0 radical (unpaired) electrons. The smallest absolute Gasteiger partial charge is 0.275 e. The molecule has 0 aliphatic heterocycles. The molecule has 1 amide bonds. The maximum atomic E-state index is 12.2. The van der Waals surface area contributed by atoms with Crippen molar-refractivity contribution in [1.82, 2.24) is 9.97 Å². The number of nitrogens with one attached hydrogen (secondary N) is 1. The first kappa shape index (κ1) is 13.5. The van der Waals surface area contributed by atoms with Gasteiger partial charge in [0.25, 0.3) is 5.91 Å². The Balaban J connectivity index is 1.75. The van der Waals surface area contributed by atoms with Crippen LogP contribution in [0.2, 0.25) is 0 Å². The fourth-order valence-corrected chi connectivity index (χ4v) is 2.12. The molecule has 0 atom stereocenters. The molecule has 1 N–H and O–H groups in total. The van der Waals surface area contributed by atoms with Crippen molar-refractivity contribution in [3.8, 4) is 5.75 Å². The molecule has 0 bridgehead atoms. The van der Waals surface area contributed by atoms with Gasteiger partial charge in [-0.3, -0.25) is 4.79 Å². The van der Waals surface area contributed by atoms with Gasteiger partial charge >= 0.3 is 0 Å². The molecule has 5 nitrogen and oxygen atoms in total. The molecule has 0 unspecified atom stereocenters. The molecule has 3 rings (SSSR count). The molecule has 21 heavy (non-hydrogen) atoms. The highest BCUT2D eigenvalue weighted by Crippen LogP contribution is 2.26. The summed E-state index contributed by atoms with van der Waals surface area (Å²) in [4.78, 5) is 20.5. The lowest BCUT2D eigenvalue weighted by Gasteiger charge is -2.26. The first-order chi connectivity index (χ1) is 10.2. The second kappa shape index (κ2) is 5.91. The molecule has 2 heterocycles. The van der Waals surface area contributed by atoms with E-state index in [0.717, 1.165) is 18.5 Å². The number of carbonyl (C=O) groups is 1. The van der Waals surface area contributed by atoms with Crippen LogP contribution in [0.4, 0.5) is 5.82 Å². The van der Waals surface area contributed by atoms with Crippen LogP contribution in [0.3, 0.4) is 0 Å². The molecule has 5 heteroatoms. The lowest BCUT2D eigenvalue weighted by molar-refractivity contribution is 0.101. The van der Waals surface area contributed by atoms with E-state index in [2.05, 4.69) is 15.3 Å². The van der Waals surface area contributed by atoms with E-state index in [9.17, 15) is 4.79 Å². The Morgan fingerprint density at radius 2 is 2.19 bits per heavy atom. The van der Waals surface area contributed by atoms with Gasteiger partial charge in [-0.05, 0) is 38.3 Å². The van der Waals surface area contributed by atoms with Gasteiger partial charge in [-0.2, -0.15) is 0 Å². The molecule has 108 valence electrons. The lowest BCUT2D eigenvalue weighted by Crippen LogP contribution is -2.25. The number of pyridine rings is 2. The van der Waals surface area contributed by atoms with Crippen molar-refractivity contribution in [2.24, 2.45) is 0 Å². The Hall–Kier alpha value is -2.43. The first-order valence-corrected chi connectivity index (χ1v) is 7.08. The molecule has 1 saturated carbocycles. The molecule has 0 saturated heterocycles. The van der Waals surface area contributed by atoms with E-state index in [4.69, 9.17) is 4.74 Å². The van der Waals surface area contributed by atoms with Gasteiger partial charge in [0.05, 0.1) is 6.10 Å². The van der Waals surface area contributed by atoms with E-state index in [1.165, 1.54) is 6.42 Å². The van der Waals surface area contributed by atoms with Crippen molar-refractivity contribution in [2.45, 2.75) is 32.3 Å². The number of rotatable bonds is 4. The Labute approximate surface area is 123 Å². The van der Waals surface area contributed by atoms with Gasteiger partial charge in [0.2, 0.25) is 0 Å². The van der Waals surface area contributed by atoms with Gasteiger partial charge in [0.15, 0.2) is 0 Å². The topological polar surface area (TPSA) is 64.1 Å². The zero-order valence-electron chi connectivity index (χ0n) is 11.9. The number of carbonyl (C=O) groups excluding carboxylic acids is 1. The predicted octanol–water partition coefficient (Wildman–Crippen LogP) is 2.97. The molecule has 1 fully saturated rings. The number of ether oxygens (including phenoxy) is 1. The van der Waals surface area contributed by atoms with Crippen molar-refractivity contribution in [3.63, 3.8) is 0 Å². The third-order valence-corrected chi connectivity index (χ3v) is 3.42. The van der Waals surface area contributed by atoms with Crippen LogP contribution in [0.1, 0.15) is 35.4 Å². The van der Waals surface area contributed by atoms with Gasteiger partial charge in [-0.25, -0.2) is 9.97 Å². The SMILES string of the molecule is Cc1cc(OC2CCC2)cc(C(=O)Nc2ccccn2)n1. The second-order valence-corrected chi connectivity index (χ2v) is 5.17. The number of nitrogens with zero attached hydrogens (tertiary/aromatic N) is 2. The minimum Gasteiger partial charge on any atom is -0.490 e. The van der Waals surface area contributed by atoms with E-state index in [1.807, 2.05) is 19.1 Å². The number of hydrogen-bond acceptors (Lipinski definition) is 4. The van der Waals surface area contributed by atoms with Gasteiger partial charge in [-0.15, -0.1) is 0 Å². The summed E-state index contributed by atoms with van der Waals surface area (Å²) in [7, 11) is 0. The number of amides is 1.